The number of carbonyl (C=O) groups excluding carboxylic acids is 1. The Kier molecular flexibility index (Phi) is 5.39. The number of rotatable bonds is 5. The summed E-state index contributed by atoms with van der Waals surface area (Å²) in [4.78, 5) is 16.2. The van der Waals surface area contributed by atoms with Crippen LogP contribution < -0.4 is 10.6 Å². The number of aromatic nitrogens is 1. The van der Waals surface area contributed by atoms with E-state index in [0.29, 0.717) is 28.7 Å². The first-order chi connectivity index (χ1) is 11.9. The molecule has 4 nitrogen and oxygen atoms in total. The molecule has 2 heterocycles. The van der Waals surface area contributed by atoms with Gasteiger partial charge in [0.15, 0.2) is 5.13 Å². The number of anilines is 1. The number of amides is 1. The molecule has 2 N–H and O–H groups in total. The Balaban J connectivity index is 1.61. The summed E-state index contributed by atoms with van der Waals surface area (Å²) in [6, 6.07) is 5.01. The summed E-state index contributed by atoms with van der Waals surface area (Å²) in [5, 5.41) is 8.04. The van der Waals surface area contributed by atoms with Crippen LogP contribution >= 0.6 is 11.3 Å². The third-order valence-corrected chi connectivity index (χ3v) is 4.94. The number of thiazole rings is 1. The van der Waals surface area contributed by atoms with Crippen molar-refractivity contribution >= 4 is 22.4 Å². The number of nitrogens with zero attached hydrogens (tertiary/aromatic N) is 1. The van der Waals surface area contributed by atoms with Gasteiger partial charge in [-0.25, -0.2) is 4.98 Å². The lowest BCUT2D eigenvalue weighted by atomic mass is 10.0. The summed E-state index contributed by atoms with van der Waals surface area (Å²) >= 11 is 1.21. The zero-order valence-electron chi connectivity index (χ0n) is 13.4. The topological polar surface area (TPSA) is 54.0 Å². The Morgan fingerprint density at radius 2 is 2.24 bits per heavy atom. The molecule has 1 aliphatic rings. The Bertz CT molecular complexity index is 739. The molecule has 1 aromatic carbocycles. The second kappa shape index (κ2) is 7.53. The molecule has 0 bridgehead atoms. The van der Waals surface area contributed by atoms with Crippen molar-refractivity contribution in [3.63, 3.8) is 0 Å². The van der Waals surface area contributed by atoms with Crippen molar-refractivity contribution < 1.29 is 18.0 Å². The SMILES string of the molecule is O=C(CCC1CCNC1)Nc1nc(-c2cccc(C(F)(F)F)c2)cs1. The molecule has 1 saturated heterocycles. The summed E-state index contributed by atoms with van der Waals surface area (Å²) in [7, 11) is 0. The zero-order chi connectivity index (χ0) is 17.9. The van der Waals surface area contributed by atoms with E-state index < -0.39 is 11.7 Å². The van der Waals surface area contributed by atoms with Crippen LogP contribution in [0.5, 0.6) is 0 Å². The minimum Gasteiger partial charge on any atom is -0.316 e. The second-order valence-corrected chi connectivity index (χ2v) is 6.92. The summed E-state index contributed by atoms with van der Waals surface area (Å²) in [5.74, 6) is 0.416. The highest BCUT2D eigenvalue weighted by Crippen LogP contribution is 2.33. The van der Waals surface area contributed by atoms with Gasteiger partial charge in [0, 0.05) is 17.4 Å². The third-order valence-electron chi connectivity index (χ3n) is 4.18. The molecular formula is C17H18F3N3OS. The molecule has 1 aromatic heterocycles. The van der Waals surface area contributed by atoms with Gasteiger partial charge >= 0.3 is 6.18 Å². The molecule has 134 valence electrons. The highest BCUT2D eigenvalue weighted by molar-refractivity contribution is 7.14. The number of benzene rings is 1. The molecule has 3 rings (SSSR count). The smallest absolute Gasteiger partial charge is 0.316 e. The van der Waals surface area contributed by atoms with Gasteiger partial charge in [-0.2, -0.15) is 13.2 Å². The molecule has 0 spiro atoms. The predicted molar refractivity (Wildman–Crippen MR) is 91.4 cm³/mol. The van der Waals surface area contributed by atoms with Gasteiger partial charge in [0.2, 0.25) is 5.91 Å². The van der Waals surface area contributed by atoms with E-state index in [9.17, 15) is 18.0 Å². The number of nitrogens with one attached hydrogen (secondary N) is 2. The van der Waals surface area contributed by atoms with E-state index >= 15 is 0 Å². The van der Waals surface area contributed by atoms with E-state index in [1.807, 2.05) is 0 Å². The lowest BCUT2D eigenvalue weighted by Crippen LogP contribution is -2.14. The molecule has 1 aliphatic heterocycles. The molecular weight excluding hydrogens is 351 g/mol. The molecule has 0 saturated carbocycles. The average Bonchev–Trinajstić information content (AvgIpc) is 3.24. The minimum absolute atomic E-state index is 0.114. The number of carbonyl (C=O) groups is 1. The lowest BCUT2D eigenvalue weighted by molar-refractivity contribution is -0.137. The van der Waals surface area contributed by atoms with Crippen LogP contribution in [0.25, 0.3) is 11.3 Å². The van der Waals surface area contributed by atoms with E-state index in [1.165, 1.54) is 17.4 Å². The normalized spacial score (nSPS) is 17.6. The van der Waals surface area contributed by atoms with Gasteiger partial charge in [-0.1, -0.05) is 12.1 Å². The molecule has 1 amide bonds. The van der Waals surface area contributed by atoms with Crippen LogP contribution in [-0.2, 0) is 11.0 Å². The highest BCUT2D eigenvalue weighted by Gasteiger charge is 2.30. The van der Waals surface area contributed by atoms with E-state index in [2.05, 4.69) is 15.6 Å². The molecule has 25 heavy (non-hydrogen) atoms. The van der Waals surface area contributed by atoms with Gasteiger partial charge in [0.05, 0.1) is 11.3 Å². The van der Waals surface area contributed by atoms with Crippen LogP contribution in [0.3, 0.4) is 0 Å². The van der Waals surface area contributed by atoms with Crippen LogP contribution in [0.2, 0.25) is 0 Å². The zero-order valence-corrected chi connectivity index (χ0v) is 14.2. The first-order valence-electron chi connectivity index (χ1n) is 8.05. The first kappa shape index (κ1) is 17.9. The molecule has 1 atom stereocenters. The van der Waals surface area contributed by atoms with Crippen molar-refractivity contribution in [2.75, 3.05) is 18.4 Å². The Morgan fingerprint density at radius 3 is 2.96 bits per heavy atom. The molecule has 1 fully saturated rings. The van der Waals surface area contributed by atoms with Gasteiger partial charge in [-0.3, -0.25) is 4.79 Å². The Hall–Kier alpha value is -1.93. The number of alkyl halides is 3. The lowest BCUT2D eigenvalue weighted by Gasteiger charge is -2.07. The van der Waals surface area contributed by atoms with Crippen molar-refractivity contribution in [3.05, 3.63) is 35.2 Å². The van der Waals surface area contributed by atoms with Gasteiger partial charge in [-0.05, 0) is 44.0 Å². The average molecular weight is 369 g/mol. The van der Waals surface area contributed by atoms with Crippen LogP contribution in [0.15, 0.2) is 29.6 Å². The fourth-order valence-electron chi connectivity index (χ4n) is 2.80. The molecule has 2 aromatic rings. The van der Waals surface area contributed by atoms with Gasteiger partial charge in [0.1, 0.15) is 0 Å². The highest BCUT2D eigenvalue weighted by atomic mass is 32.1. The monoisotopic (exact) mass is 369 g/mol. The largest absolute Gasteiger partial charge is 0.416 e. The molecule has 0 radical (unpaired) electrons. The fourth-order valence-corrected chi connectivity index (χ4v) is 3.53. The number of halogens is 3. The van der Waals surface area contributed by atoms with Gasteiger partial charge in [-0.15, -0.1) is 11.3 Å². The predicted octanol–water partition coefficient (Wildman–Crippen LogP) is 4.16. The maximum absolute atomic E-state index is 12.8. The summed E-state index contributed by atoms with van der Waals surface area (Å²) in [6.07, 6.45) is -2.06. The Morgan fingerprint density at radius 1 is 1.40 bits per heavy atom. The van der Waals surface area contributed by atoms with Gasteiger partial charge < -0.3 is 10.6 Å². The Labute approximate surface area is 147 Å². The number of hydrogen-bond donors (Lipinski definition) is 2. The number of hydrogen-bond acceptors (Lipinski definition) is 4. The summed E-state index contributed by atoms with van der Waals surface area (Å²) in [5.41, 5.74) is 0.0868. The molecule has 8 heteroatoms. The quantitative estimate of drug-likeness (QED) is 0.832. The van der Waals surface area contributed by atoms with E-state index in [-0.39, 0.29) is 5.91 Å². The minimum atomic E-state index is -4.39. The maximum Gasteiger partial charge on any atom is 0.416 e. The molecule has 1 unspecified atom stereocenters. The maximum atomic E-state index is 12.8. The van der Waals surface area contributed by atoms with Crippen molar-refractivity contribution in [1.29, 1.82) is 0 Å². The van der Waals surface area contributed by atoms with Crippen molar-refractivity contribution in [2.24, 2.45) is 5.92 Å². The van der Waals surface area contributed by atoms with Crippen molar-refractivity contribution in [3.8, 4) is 11.3 Å². The van der Waals surface area contributed by atoms with E-state index in [4.69, 9.17) is 0 Å². The van der Waals surface area contributed by atoms with Crippen molar-refractivity contribution in [2.45, 2.75) is 25.4 Å². The standard InChI is InChI=1S/C17H18F3N3OS/c18-17(19,20)13-3-1-2-12(8-13)14-10-25-16(22-14)23-15(24)5-4-11-6-7-21-9-11/h1-3,8,10-11,21H,4-7,9H2,(H,22,23,24). The van der Waals surface area contributed by atoms with Gasteiger partial charge in [0.25, 0.3) is 0 Å². The van der Waals surface area contributed by atoms with Crippen LogP contribution in [0.1, 0.15) is 24.8 Å². The van der Waals surface area contributed by atoms with Crippen LogP contribution in [0.4, 0.5) is 18.3 Å². The molecule has 0 aliphatic carbocycles. The second-order valence-electron chi connectivity index (χ2n) is 6.06. The van der Waals surface area contributed by atoms with Crippen LogP contribution in [-0.4, -0.2) is 24.0 Å². The summed E-state index contributed by atoms with van der Waals surface area (Å²) < 4.78 is 38.4. The summed E-state index contributed by atoms with van der Waals surface area (Å²) in [6.45, 7) is 1.95. The van der Waals surface area contributed by atoms with Crippen LogP contribution in [0, 0.1) is 5.92 Å². The van der Waals surface area contributed by atoms with E-state index in [0.717, 1.165) is 38.1 Å². The fraction of sp³-hybridized carbons (Fsp3) is 0.412. The van der Waals surface area contributed by atoms with E-state index in [1.54, 1.807) is 11.4 Å². The first-order valence-corrected chi connectivity index (χ1v) is 8.93. The third kappa shape index (κ3) is 4.79. The van der Waals surface area contributed by atoms with Crippen molar-refractivity contribution in [1.82, 2.24) is 10.3 Å².